The first-order valence-electron chi connectivity index (χ1n) is 17.7. The predicted octanol–water partition coefficient (Wildman–Crippen LogP) is 4.54. The minimum atomic E-state index is -5.08. The third kappa shape index (κ3) is 6.03. The fraction of sp³-hybridized carbons (Fsp3) is 0.395. The van der Waals surface area contributed by atoms with Gasteiger partial charge in [-0.1, -0.05) is 48.5 Å². The van der Waals surface area contributed by atoms with Gasteiger partial charge in [-0.3, -0.25) is 9.48 Å². The number of nitrogens with one attached hydrogen (secondary N) is 3. The highest BCUT2D eigenvalue weighted by Crippen LogP contribution is 2.71. The lowest BCUT2D eigenvalue weighted by molar-refractivity contribution is -0.192. The summed E-state index contributed by atoms with van der Waals surface area (Å²) in [5, 5.41) is 29.5. The molecule has 4 aliphatic rings. The van der Waals surface area contributed by atoms with Gasteiger partial charge in [0.15, 0.2) is 0 Å². The molecule has 55 heavy (non-hydrogen) atoms. The number of alkyl halides is 3. The van der Waals surface area contributed by atoms with Crippen LogP contribution in [-0.4, -0.2) is 72.5 Å². The quantitative estimate of drug-likeness (QED) is 0.208. The number of carbonyl (C=O) groups excluding carboxylic acids is 1. The number of carboxylic acid groups (broad SMARTS) is 1. The zero-order chi connectivity index (χ0) is 39.4. The van der Waals surface area contributed by atoms with E-state index < -0.39 is 50.5 Å². The lowest BCUT2D eigenvalue weighted by atomic mass is 9.43. The molecule has 1 amide bonds. The van der Waals surface area contributed by atoms with E-state index in [2.05, 4.69) is 38.7 Å². The van der Waals surface area contributed by atoms with Crippen LogP contribution in [0.3, 0.4) is 0 Å². The zero-order valence-corrected chi connectivity index (χ0v) is 30.8. The molecule has 2 atom stereocenters. The molecule has 8 rings (SSSR count). The third-order valence-corrected chi connectivity index (χ3v) is 13.1. The van der Waals surface area contributed by atoms with E-state index in [1.165, 1.54) is 0 Å². The zero-order valence-electron chi connectivity index (χ0n) is 30.0. The van der Waals surface area contributed by atoms with Crippen LogP contribution >= 0.6 is 0 Å². The summed E-state index contributed by atoms with van der Waals surface area (Å²) in [6.07, 6.45) is 2.88. The molecule has 2 unspecified atom stereocenters. The molecule has 2 aromatic heterocycles. The molecule has 5 heterocycles. The lowest BCUT2D eigenvalue weighted by Gasteiger charge is -2.60. The second-order valence-electron chi connectivity index (χ2n) is 14.6. The fourth-order valence-corrected chi connectivity index (χ4v) is 10.7. The summed E-state index contributed by atoms with van der Waals surface area (Å²) in [4.78, 5) is 30.2. The normalized spacial score (nSPS) is 25.2. The number of amides is 1. The van der Waals surface area contributed by atoms with E-state index in [0.29, 0.717) is 44.6 Å². The van der Waals surface area contributed by atoms with Crippen LogP contribution in [0.5, 0.6) is 0 Å². The van der Waals surface area contributed by atoms with E-state index in [1.807, 2.05) is 50.9 Å². The number of pyridine rings is 1. The second kappa shape index (κ2) is 13.8. The van der Waals surface area contributed by atoms with Crippen LogP contribution in [0.4, 0.5) is 24.7 Å². The second-order valence-corrected chi connectivity index (χ2v) is 16.3. The molecule has 0 bridgehead atoms. The maximum atomic E-state index is 14.4. The van der Waals surface area contributed by atoms with Gasteiger partial charge in [0.2, 0.25) is 15.9 Å². The number of aryl methyl sites for hydroxylation is 1. The number of hydrogen-bond donors (Lipinski definition) is 4. The van der Waals surface area contributed by atoms with Crippen molar-refractivity contribution < 1.29 is 36.3 Å². The molecule has 1 saturated carbocycles. The van der Waals surface area contributed by atoms with E-state index in [1.54, 1.807) is 39.9 Å². The Labute approximate surface area is 315 Å². The molecule has 4 aromatic rings. The molecule has 1 spiro atoms. The highest BCUT2D eigenvalue weighted by atomic mass is 32.2. The molecule has 0 radical (unpaired) electrons. The summed E-state index contributed by atoms with van der Waals surface area (Å²) < 4.78 is 63.5. The Morgan fingerprint density at radius 2 is 1.65 bits per heavy atom. The molecule has 13 nitrogen and oxygen atoms in total. The Hall–Kier alpha value is -5.31. The van der Waals surface area contributed by atoms with Crippen LogP contribution in [-0.2, 0) is 37.5 Å². The van der Waals surface area contributed by atoms with Crippen molar-refractivity contribution in [3.05, 3.63) is 102 Å². The Morgan fingerprint density at radius 1 is 1.04 bits per heavy atom. The fourth-order valence-electron chi connectivity index (χ4n) is 9.40. The number of nitrogens with zero attached hydrogens (tertiary/aromatic N) is 5. The van der Waals surface area contributed by atoms with Crippen LogP contribution in [0.15, 0.2) is 84.1 Å². The van der Waals surface area contributed by atoms with Crippen molar-refractivity contribution in [1.29, 1.82) is 5.26 Å². The van der Waals surface area contributed by atoms with Gasteiger partial charge in [0.1, 0.15) is 5.82 Å². The first-order chi connectivity index (χ1) is 26.1. The largest absolute Gasteiger partial charge is 0.490 e. The number of anilines is 2. The standard InChI is InChI=1S/C36H38N8O3S.C2HF3O2/c1-43-23-24(21-40-43)31-36(25-9-5-3-6-10-25,34(13-16-37)19-26(20-34)42-48(46,47)27-11-7-4-8-12-27)30-29-28(22-39-32(30)41-31)44(2)33(45)35(29)14-17-38-18-15-35;3-2(4,5)1(6)7/h3-12,21-23,26,31,38,42H,13-15,17-20H2,1-2H3,(H,39,41);(H,6,7). The van der Waals surface area contributed by atoms with Crippen molar-refractivity contribution in [2.75, 3.05) is 30.4 Å². The van der Waals surface area contributed by atoms with E-state index in [-0.39, 0.29) is 17.2 Å². The number of benzene rings is 2. The van der Waals surface area contributed by atoms with E-state index in [0.717, 1.165) is 27.9 Å². The monoisotopic (exact) mass is 776 g/mol. The molecule has 288 valence electrons. The summed E-state index contributed by atoms with van der Waals surface area (Å²) in [6, 6.07) is 20.3. The molecular weight excluding hydrogens is 738 g/mol. The first-order valence-corrected chi connectivity index (χ1v) is 19.2. The summed E-state index contributed by atoms with van der Waals surface area (Å²) in [6.45, 7) is 1.42. The third-order valence-electron chi connectivity index (χ3n) is 11.6. The van der Waals surface area contributed by atoms with Gasteiger partial charge < -0.3 is 20.6 Å². The molecule has 2 aromatic carbocycles. The van der Waals surface area contributed by atoms with Crippen molar-refractivity contribution >= 4 is 33.4 Å². The van der Waals surface area contributed by atoms with Crippen molar-refractivity contribution in [2.24, 2.45) is 12.5 Å². The Balaban J connectivity index is 0.000000609. The first kappa shape index (κ1) is 38.0. The van der Waals surface area contributed by atoms with Gasteiger partial charge >= 0.3 is 12.1 Å². The minimum absolute atomic E-state index is 0.0671. The highest BCUT2D eigenvalue weighted by molar-refractivity contribution is 7.89. The molecule has 17 heteroatoms. The topological polar surface area (TPSA) is 182 Å². The highest BCUT2D eigenvalue weighted by Gasteiger charge is 2.69. The molecule has 2 fully saturated rings. The SMILES string of the molecule is CN1C(=O)C2(CCNCC2)c2c1cnc1c2C(c2ccccc2)(C2(CC#N)CC(NS(=O)(=O)c3ccccc3)C2)C(c2cnn(C)c2)N1.O=C(O)C(F)(F)F. The maximum Gasteiger partial charge on any atom is 0.490 e. The van der Waals surface area contributed by atoms with Crippen molar-refractivity contribution in [3.63, 3.8) is 0 Å². The average Bonchev–Trinajstić information content (AvgIpc) is 3.80. The number of fused-ring (bicyclic) bond motifs is 4. The van der Waals surface area contributed by atoms with Gasteiger partial charge in [0.05, 0.1) is 45.9 Å². The molecular formula is C38H39F3N8O5S. The van der Waals surface area contributed by atoms with Gasteiger partial charge in [-0.05, 0) is 56.5 Å². The van der Waals surface area contributed by atoms with Crippen LogP contribution in [0, 0.1) is 16.7 Å². The number of halogens is 3. The Kier molecular flexibility index (Phi) is 9.51. The maximum absolute atomic E-state index is 14.4. The van der Waals surface area contributed by atoms with Crippen LogP contribution in [0.25, 0.3) is 0 Å². The van der Waals surface area contributed by atoms with Gasteiger partial charge in [-0.15, -0.1) is 0 Å². The molecule has 1 saturated heterocycles. The van der Waals surface area contributed by atoms with Crippen molar-refractivity contribution in [1.82, 2.24) is 24.8 Å². The molecule has 3 aliphatic heterocycles. The molecule has 4 N–H and O–H groups in total. The number of aromatic nitrogens is 3. The van der Waals surface area contributed by atoms with Gasteiger partial charge in [0.25, 0.3) is 0 Å². The number of nitriles is 1. The van der Waals surface area contributed by atoms with E-state index in [9.17, 15) is 31.6 Å². The van der Waals surface area contributed by atoms with Gasteiger partial charge in [-0.25, -0.2) is 22.9 Å². The van der Waals surface area contributed by atoms with E-state index in [4.69, 9.17) is 14.9 Å². The predicted molar refractivity (Wildman–Crippen MR) is 194 cm³/mol. The van der Waals surface area contributed by atoms with Gasteiger partial charge in [-0.2, -0.15) is 23.5 Å². The van der Waals surface area contributed by atoms with Crippen molar-refractivity contribution in [2.45, 2.75) is 66.1 Å². The van der Waals surface area contributed by atoms with Crippen LogP contribution in [0.1, 0.15) is 60.4 Å². The number of rotatable bonds is 7. The molecule has 1 aliphatic carbocycles. The number of sulfonamides is 1. The number of aliphatic carboxylic acids is 1. The smallest absolute Gasteiger partial charge is 0.475 e. The van der Waals surface area contributed by atoms with E-state index >= 15 is 0 Å². The van der Waals surface area contributed by atoms with Gasteiger partial charge in [0, 0.05) is 54.9 Å². The Bertz CT molecular complexity index is 2270. The number of likely N-dealkylation sites (N-methyl/N-ethyl adjacent to an activating group) is 1. The number of carboxylic acids is 1. The number of carbonyl (C=O) groups is 2. The van der Waals surface area contributed by atoms with Crippen LogP contribution < -0.4 is 20.3 Å². The number of piperidine rings is 1. The Morgan fingerprint density at radius 3 is 2.22 bits per heavy atom. The number of hydrogen-bond acceptors (Lipinski definition) is 9. The van der Waals surface area contributed by atoms with Crippen molar-refractivity contribution in [3.8, 4) is 6.07 Å². The summed E-state index contributed by atoms with van der Waals surface area (Å²) in [7, 11) is -0.0807. The van der Waals surface area contributed by atoms with Crippen LogP contribution in [0.2, 0.25) is 0 Å². The average molecular weight is 777 g/mol. The summed E-state index contributed by atoms with van der Waals surface area (Å²) in [5.41, 5.74) is 2.25. The summed E-state index contributed by atoms with van der Waals surface area (Å²) >= 11 is 0. The summed E-state index contributed by atoms with van der Waals surface area (Å²) in [5.74, 6) is -2.00. The minimum Gasteiger partial charge on any atom is -0.475 e. The lowest BCUT2D eigenvalue weighted by Crippen LogP contribution is -2.62.